The first-order valence-electron chi connectivity index (χ1n) is 12.7. The maximum Gasteiger partial charge on any atom is 0.261 e. The van der Waals surface area contributed by atoms with Gasteiger partial charge in [0.15, 0.2) is 6.61 Å². The summed E-state index contributed by atoms with van der Waals surface area (Å²) in [6.45, 7) is 9.63. The van der Waals surface area contributed by atoms with Gasteiger partial charge in [-0.25, -0.2) is 4.39 Å². The highest BCUT2D eigenvalue weighted by atomic mass is 19.1. The summed E-state index contributed by atoms with van der Waals surface area (Å²) in [7, 11) is 0. The van der Waals surface area contributed by atoms with Gasteiger partial charge in [0.2, 0.25) is 5.91 Å². The lowest BCUT2D eigenvalue weighted by Gasteiger charge is -2.32. The van der Waals surface area contributed by atoms with Crippen molar-refractivity contribution in [2.75, 3.05) is 6.61 Å². The third-order valence-electron chi connectivity index (χ3n) is 6.05. The second kappa shape index (κ2) is 12.5. The molecule has 1 unspecified atom stereocenters. The number of hydrogen-bond acceptors (Lipinski definition) is 3. The minimum Gasteiger partial charge on any atom is -0.483 e. The molecule has 5 nitrogen and oxygen atoms in total. The van der Waals surface area contributed by atoms with Crippen LogP contribution in [0.15, 0.2) is 78.9 Å². The van der Waals surface area contributed by atoms with Crippen molar-refractivity contribution in [3.8, 4) is 5.75 Å². The Morgan fingerprint density at radius 1 is 0.919 bits per heavy atom. The van der Waals surface area contributed by atoms with Crippen LogP contribution in [0, 0.1) is 5.82 Å². The molecule has 0 spiro atoms. The second-order valence-corrected chi connectivity index (χ2v) is 10.5. The van der Waals surface area contributed by atoms with E-state index in [1.54, 1.807) is 18.2 Å². The predicted molar refractivity (Wildman–Crippen MR) is 145 cm³/mol. The van der Waals surface area contributed by atoms with Crippen molar-refractivity contribution in [3.05, 3.63) is 101 Å². The Balaban J connectivity index is 1.95. The first-order chi connectivity index (χ1) is 17.6. The molecule has 0 fully saturated rings. The second-order valence-electron chi connectivity index (χ2n) is 10.5. The summed E-state index contributed by atoms with van der Waals surface area (Å²) in [4.78, 5) is 28.5. The van der Waals surface area contributed by atoms with Crippen LogP contribution in [0.1, 0.15) is 51.3 Å². The van der Waals surface area contributed by atoms with Gasteiger partial charge in [0, 0.05) is 24.6 Å². The van der Waals surface area contributed by atoms with Crippen molar-refractivity contribution >= 4 is 11.8 Å². The number of carbonyl (C=O) groups excluding carboxylic acids is 2. The van der Waals surface area contributed by atoms with Crippen LogP contribution < -0.4 is 10.1 Å². The summed E-state index contributed by atoms with van der Waals surface area (Å²) in [5.74, 6) is -0.507. The minimum atomic E-state index is -0.849. The number of carbonyl (C=O) groups is 2. The average Bonchev–Trinajstić information content (AvgIpc) is 2.85. The summed E-state index contributed by atoms with van der Waals surface area (Å²) >= 11 is 0. The molecular weight excluding hydrogens is 467 g/mol. The van der Waals surface area contributed by atoms with Crippen molar-refractivity contribution in [2.24, 2.45) is 0 Å². The van der Waals surface area contributed by atoms with Gasteiger partial charge in [-0.1, -0.05) is 87.5 Å². The fourth-order valence-corrected chi connectivity index (χ4v) is 4.18. The Morgan fingerprint density at radius 3 is 2.19 bits per heavy atom. The molecule has 0 radical (unpaired) electrons. The zero-order valence-electron chi connectivity index (χ0n) is 22.3. The summed E-state index contributed by atoms with van der Waals surface area (Å²) in [6, 6.07) is 22.5. The molecule has 0 aliphatic rings. The fourth-order valence-electron chi connectivity index (χ4n) is 4.18. The monoisotopic (exact) mass is 504 g/mol. The molecular formula is C31H37FN2O3. The first-order valence-corrected chi connectivity index (χ1v) is 12.7. The zero-order valence-corrected chi connectivity index (χ0v) is 22.3. The molecule has 6 heteroatoms. The van der Waals surface area contributed by atoms with Crippen LogP contribution in [-0.4, -0.2) is 35.4 Å². The number of ether oxygens (including phenoxy) is 1. The van der Waals surface area contributed by atoms with Gasteiger partial charge in [0.1, 0.15) is 17.6 Å². The van der Waals surface area contributed by atoms with Crippen LogP contribution in [0.3, 0.4) is 0 Å². The SMILES string of the molecule is CC(C)NC(=O)C(Cc1ccccc1)N(Cc1ccccc1F)C(=O)COc1ccccc1C(C)(C)C. The molecule has 0 aromatic heterocycles. The molecule has 0 aliphatic heterocycles. The van der Waals surface area contributed by atoms with Gasteiger partial charge >= 0.3 is 0 Å². The van der Waals surface area contributed by atoms with E-state index in [1.165, 1.54) is 11.0 Å². The van der Waals surface area contributed by atoms with Crippen LogP contribution in [0.4, 0.5) is 4.39 Å². The maximum atomic E-state index is 14.7. The summed E-state index contributed by atoms with van der Waals surface area (Å²) in [6.07, 6.45) is 0.290. The predicted octanol–water partition coefficient (Wildman–Crippen LogP) is 5.67. The van der Waals surface area contributed by atoms with E-state index in [0.717, 1.165) is 11.1 Å². The van der Waals surface area contributed by atoms with Crippen molar-refractivity contribution < 1.29 is 18.7 Å². The van der Waals surface area contributed by atoms with E-state index >= 15 is 0 Å². The van der Waals surface area contributed by atoms with E-state index in [2.05, 4.69) is 26.1 Å². The Bertz CT molecular complexity index is 1190. The summed E-state index contributed by atoms with van der Waals surface area (Å²) < 4.78 is 20.7. The van der Waals surface area contributed by atoms with Crippen LogP contribution in [0.25, 0.3) is 0 Å². The molecule has 3 rings (SSSR count). The third-order valence-corrected chi connectivity index (χ3v) is 6.05. The highest BCUT2D eigenvalue weighted by molar-refractivity contribution is 5.88. The minimum absolute atomic E-state index is 0.0567. The van der Waals surface area contributed by atoms with Crippen LogP contribution >= 0.6 is 0 Å². The van der Waals surface area contributed by atoms with Crippen LogP contribution in [0.5, 0.6) is 5.75 Å². The van der Waals surface area contributed by atoms with Gasteiger partial charge in [-0.05, 0) is 42.5 Å². The van der Waals surface area contributed by atoms with Gasteiger partial charge in [0.25, 0.3) is 5.91 Å². The maximum absolute atomic E-state index is 14.7. The Kier molecular flexibility index (Phi) is 9.45. The van der Waals surface area contributed by atoms with Crippen LogP contribution in [-0.2, 0) is 28.0 Å². The molecule has 0 heterocycles. The molecule has 2 amide bonds. The molecule has 0 saturated heterocycles. The highest BCUT2D eigenvalue weighted by Gasteiger charge is 2.32. The van der Waals surface area contributed by atoms with Crippen molar-refractivity contribution in [2.45, 2.75) is 65.1 Å². The number of nitrogens with one attached hydrogen (secondary N) is 1. The van der Waals surface area contributed by atoms with Gasteiger partial charge in [0.05, 0.1) is 0 Å². The Labute approximate surface area is 219 Å². The third kappa shape index (κ3) is 7.91. The van der Waals surface area contributed by atoms with E-state index in [1.807, 2.05) is 68.4 Å². The number of amides is 2. The molecule has 1 atom stereocenters. The lowest BCUT2D eigenvalue weighted by molar-refractivity contribution is -0.143. The van der Waals surface area contributed by atoms with E-state index in [9.17, 15) is 14.0 Å². The summed E-state index contributed by atoms with van der Waals surface area (Å²) in [5, 5.41) is 2.93. The van der Waals surface area contributed by atoms with E-state index in [0.29, 0.717) is 11.3 Å². The quantitative estimate of drug-likeness (QED) is 0.387. The van der Waals surface area contributed by atoms with Crippen molar-refractivity contribution in [1.82, 2.24) is 10.2 Å². The number of benzene rings is 3. The topological polar surface area (TPSA) is 58.6 Å². The summed E-state index contributed by atoms with van der Waals surface area (Å²) in [5.41, 5.74) is 2.03. The number of nitrogens with zero attached hydrogens (tertiary/aromatic N) is 1. The van der Waals surface area contributed by atoms with Crippen molar-refractivity contribution in [3.63, 3.8) is 0 Å². The molecule has 37 heavy (non-hydrogen) atoms. The molecule has 0 aliphatic carbocycles. The molecule has 1 N–H and O–H groups in total. The smallest absolute Gasteiger partial charge is 0.261 e. The number of hydrogen-bond donors (Lipinski definition) is 1. The van der Waals surface area contributed by atoms with E-state index in [-0.39, 0.29) is 36.9 Å². The van der Waals surface area contributed by atoms with Crippen molar-refractivity contribution in [1.29, 1.82) is 0 Å². The molecule has 3 aromatic rings. The standard InChI is InChI=1S/C31H37FN2O3/c1-22(2)33-30(36)27(19-23-13-7-6-8-14-23)34(20-24-15-9-11-17-26(24)32)29(35)21-37-28-18-12-10-16-25(28)31(3,4)5/h6-18,22,27H,19-21H2,1-5H3,(H,33,36). The largest absolute Gasteiger partial charge is 0.483 e. The Morgan fingerprint density at radius 2 is 1.54 bits per heavy atom. The lowest BCUT2D eigenvalue weighted by Crippen LogP contribution is -2.53. The lowest BCUT2D eigenvalue weighted by atomic mass is 9.86. The number of halogens is 1. The van der Waals surface area contributed by atoms with E-state index < -0.39 is 17.8 Å². The van der Waals surface area contributed by atoms with E-state index in [4.69, 9.17) is 4.74 Å². The normalized spacial score (nSPS) is 12.2. The number of rotatable bonds is 10. The Hall–Kier alpha value is -3.67. The average molecular weight is 505 g/mol. The first kappa shape index (κ1) is 27.9. The van der Waals surface area contributed by atoms with Gasteiger partial charge in [-0.2, -0.15) is 0 Å². The molecule has 3 aromatic carbocycles. The van der Waals surface area contributed by atoms with Gasteiger partial charge in [-0.3, -0.25) is 9.59 Å². The molecule has 0 saturated carbocycles. The van der Waals surface area contributed by atoms with Crippen LogP contribution in [0.2, 0.25) is 0 Å². The van der Waals surface area contributed by atoms with Gasteiger partial charge in [-0.15, -0.1) is 0 Å². The zero-order chi connectivity index (χ0) is 27.0. The van der Waals surface area contributed by atoms with Gasteiger partial charge < -0.3 is 15.0 Å². The number of para-hydroxylation sites is 1. The molecule has 0 bridgehead atoms. The highest BCUT2D eigenvalue weighted by Crippen LogP contribution is 2.31. The fraction of sp³-hybridized carbons (Fsp3) is 0.355. The molecule has 196 valence electrons.